The molecular weight excluding hydrogens is 761 g/mol. The third-order valence-electron chi connectivity index (χ3n) is 13.1. The maximum atomic E-state index is 13.6. The van der Waals surface area contributed by atoms with Gasteiger partial charge >= 0.3 is 35.0 Å². The van der Waals surface area contributed by atoms with Crippen LogP contribution in [-0.2, 0) is 25.5 Å². The largest absolute Gasteiger partial charge is 2.00 e. The summed E-state index contributed by atoms with van der Waals surface area (Å²) < 4.78 is 11.1. The van der Waals surface area contributed by atoms with Crippen LogP contribution >= 0.6 is 0 Å². The molecule has 1 saturated heterocycles. The van der Waals surface area contributed by atoms with Gasteiger partial charge in [-0.2, -0.15) is 5.70 Å². The number of fused-ring (bicyclic) bond motifs is 8. The van der Waals surface area contributed by atoms with Gasteiger partial charge < -0.3 is 34.8 Å². The Morgan fingerprint density at radius 2 is 1.62 bits per heavy atom. The van der Waals surface area contributed by atoms with Crippen molar-refractivity contribution in [3.8, 4) is 0 Å². The molecule has 0 radical (unpaired) electrons. The number of ether oxygens (including phenoxy) is 2. The van der Waals surface area contributed by atoms with Crippen LogP contribution in [0.25, 0.3) is 41.0 Å². The molecule has 3 aromatic heterocycles. The van der Waals surface area contributed by atoms with Crippen LogP contribution in [0.5, 0.6) is 0 Å². The van der Waals surface area contributed by atoms with Crippen LogP contribution in [0.2, 0.25) is 0 Å². The number of aliphatic hydroxyl groups is 1. The van der Waals surface area contributed by atoms with Gasteiger partial charge in [-0.05, 0) is 88.7 Å². The molecule has 1 unspecified atom stereocenters. The summed E-state index contributed by atoms with van der Waals surface area (Å²) in [5, 5.41) is 19.9. The van der Waals surface area contributed by atoms with Gasteiger partial charge in [-0.15, -0.1) is 33.1 Å². The van der Waals surface area contributed by atoms with E-state index in [9.17, 15) is 14.7 Å². The number of allylic oxidation sites excluding steroid dienone is 2. The monoisotopic (exact) mass is 824 g/mol. The van der Waals surface area contributed by atoms with Crippen molar-refractivity contribution in [1.82, 2.24) is 15.0 Å². The summed E-state index contributed by atoms with van der Waals surface area (Å²) >= 11 is 0. The maximum absolute atomic E-state index is 13.6. The molecule has 8 bridgehead atoms. The second-order valence-corrected chi connectivity index (χ2v) is 17.6. The number of carbonyl (C=O) groups is 2. The van der Waals surface area contributed by atoms with Crippen LogP contribution in [0.15, 0.2) is 23.9 Å². The van der Waals surface area contributed by atoms with Gasteiger partial charge in [0.1, 0.15) is 18.3 Å². The van der Waals surface area contributed by atoms with Crippen LogP contribution in [0, 0.1) is 50.4 Å². The first-order chi connectivity index (χ1) is 28.2. The van der Waals surface area contributed by atoms with Crippen molar-refractivity contribution < 1.29 is 24.2 Å². The van der Waals surface area contributed by atoms with Crippen molar-refractivity contribution in [3.63, 3.8) is 0 Å². The fourth-order valence-corrected chi connectivity index (χ4v) is 9.40. The van der Waals surface area contributed by atoms with Gasteiger partial charge in [0.15, 0.2) is 0 Å². The van der Waals surface area contributed by atoms with E-state index < -0.39 is 17.9 Å². The zero-order valence-corrected chi connectivity index (χ0v) is 39.1. The van der Waals surface area contributed by atoms with Gasteiger partial charge in [0.25, 0.3) is 0 Å². The molecule has 1 fully saturated rings. The van der Waals surface area contributed by atoms with Crippen LogP contribution in [0.3, 0.4) is 0 Å². The topological polar surface area (TPSA) is 129 Å². The minimum Gasteiger partial charge on any atom is -0.681 e. The number of nitrogens with zero attached hydrogens (tertiary/aromatic N) is 4. The zero-order chi connectivity index (χ0) is 42.7. The van der Waals surface area contributed by atoms with Crippen molar-refractivity contribution in [1.29, 1.82) is 0 Å². The molecule has 9 nitrogen and oxygen atoms in total. The van der Waals surface area contributed by atoms with E-state index in [2.05, 4.69) is 55.0 Å². The Bertz CT molecular complexity index is 2410. The molecule has 0 spiro atoms. The quantitative estimate of drug-likeness (QED) is 0.0944. The maximum Gasteiger partial charge on any atom is 2.00 e. The van der Waals surface area contributed by atoms with Gasteiger partial charge in [-0.25, -0.2) is 0 Å². The molecule has 2 aliphatic heterocycles. The average molecular weight is 825 g/mol. The van der Waals surface area contributed by atoms with Crippen molar-refractivity contribution >= 4 is 70.6 Å². The number of rotatable bonds is 16. The molecule has 0 amide bonds. The van der Waals surface area contributed by atoms with Crippen molar-refractivity contribution in [2.24, 2.45) is 29.6 Å². The fraction of sp³-hybridized carbons (Fsp3) is 0.520. The predicted molar refractivity (Wildman–Crippen MR) is 243 cm³/mol. The van der Waals surface area contributed by atoms with Crippen LogP contribution < -0.4 is 36.2 Å². The standard InChI is InChI=1S/C50H64N4O5.Mg/c1-12-34-30(7)37-24-39-32(9)36(20-21-43(55)59-23-22-29(6)19-15-18-28(5)17-14-16-27(3)4)47(53-39)45-46(50(57)58-11)49(56)44-33(10)40(54-48(44)45)26-42-35(13-2)31(8)38(52-42)25-41(34)51-37;/h12,22,24-28,32,36,46-47,56H,1,13-21,23H2,2-11H3;/q-4;+2/b29-22+,38-25-,39-24-,42-26-;/t28-,32+,36+,46-,47?;/m1./s1. The van der Waals surface area contributed by atoms with Crippen molar-refractivity contribution in [2.75, 3.05) is 13.7 Å². The number of aromatic nitrogens is 3. The second-order valence-electron chi connectivity index (χ2n) is 17.6. The first-order valence-corrected chi connectivity index (χ1v) is 21.8. The zero-order valence-electron chi connectivity index (χ0n) is 37.7. The van der Waals surface area contributed by atoms with Crippen molar-refractivity contribution in [3.05, 3.63) is 95.4 Å². The third-order valence-corrected chi connectivity index (χ3v) is 13.1. The SMILES string of the molecule is C=Cc1c2[n-]c(c1C)/C=C1\[N-]C(C3=c4[n-]c(c(C)c4=C(O)[C@@H]3C(=O)OC)/C=c3\[n-]/c(c(C)c3CC)=C\2)[C@@H](CCC(=O)OC/C=C(\C)CCC[C@H](C)CCCC(C)C)[C@@H]1C.[Mg+2]. The first-order valence-electron chi connectivity index (χ1n) is 21.8. The minimum atomic E-state index is -1.07. The van der Waals surface area contributed by atoms with E-state index in [1.165, 1.54) is 38.4 Å². The number of hydrogen-bond donors (Lipinski definition) is 1. The first kappa shape index (κ1) is 46.9. The molecule has 60 heavy (non-hydrogen) atoms. The van der Waals surface area contributed by atoms with E-state index in [1.807, 2.05) is 44.2 Å². The molecule has 5 heterocycles. The summed E-state index contributed by atoms with van der Waals surface area (Å²) in [4.78, 5) is 42.2. The molecule has 3 aromatic rings. The average Bonchev–Trinajstić information content (AvgIpc) is 3.94. The summed E-state index contributed by atoms with van der Waals surface area (Å²) in [6.07, 6.45) is 18.5. The minimum absolute atomic E-state index is 0. The fourth-order valence-electron chi connectivity index (χ4n) is 9.40. The molecular formula is C50H64MgN4O5-2. The van der Waals surface area contributed by atoms with Gasteiger partial charge in [0.2, 0.25) is 0 Å². The summed E-state index contributed by atoms with van der Waals surface area (Å²) in [6.45, 7) is 23.7. The van der Waals surface area contributed by atoms with E-state index in [-0.39, 0.29) is 59.6 Å². The summed E-state index contributed by atoms with van der Waals surface area (Å²) in [5.74, 6) is -0.856. The van der Waals surface area contributed by atoms with Crippen LogP contribution in [0.4, 0.5) is 0 Å². The summed E-state index contributed by atoms with van der Waals surface area (Å²) in [5.41, 5.74) is 9.72. The predicted octanol–water partition coefficient (Wildman–Crippen LogP) is 6.85. The third kappa shape index (κ3) is 9.65. The van der Waals surface area contributed by atoms with E-state index >= 15 is 0 Å². The summed E-state index contributed by atoms with van der Waals surface area (Å²) in [7, 11) is 1.33. The van der Waals surface area contributed by atoms with Gasteiger partial charge in [0.05, 0.1) is 7.11 Å². The molecule has 10 heteroatoms. The van der Waals surface area contributed by atoms with E-state index in [0.29, 0.717) is 28.3 Å². The van der Waals surface area contributed by atoms with Gasteiger partial charge in [0, 0.05) is 11.6 Å². The molecule has 3 aliphatic rings. The smallest absolute Gasteiger partial charge is 0.681 e. The molecule has 318 valence electrons. The summed E-state index contributed by atoms with van der Waals surface area (Å²) in [6, 6.07) is -0.571. The van der Waals surface area contributed by atoms with E-state index in [1.54, 1.807) is 0 Å². The Morgan fingerprint density at radius 3 is 2.30 bits per heavy atom. The molecule has 6 rings (SSSR count). The Labute approximate surface area is 372 Å². The van der Waals surface area contributed by atoms with Crippen molar-refractivity contribution in [2.45, 2.75) is 126 Å². The second kappa shape index (κ2) is 20.1. The van der Waals surface area contributed by atoms with Crippen LogP contribution in [-0.4, -0.2) is 59.9 Å². The Kier molecular flexibility index (Phi) is 15.7. The van der Waals surface area contributed by atoms with Gasteiger partial charge in [-0.3, -0.25) is 9.59 Å². The van der Waals surface area contributed by atoms with Gasteiger partial charge in [-0.1, -0.05) is 131 Å². The molecule has 5 atom stereocenters. The Morgan fingerprint density at radius 1 is 0.917 bits per heavy atom. The Balaban J connectivity index is 0.00000683. The number of esters is 2. The number of carbonyl (C=O) groups excluding carboxylic acids is 2. The van der Waals surface area contributed by atoms with E-state index in [4.69, 9.17) is 29.7 Å². The normalized spacial score (nSPS) is 21.9. The molecule has 1 N–H and O–H groups in total. The molecule has 0 aromatic carbocycles. The number of methoxy groups -OCH3 is 1. The molecule has 1 aliphatic carbocycles. The molecule has 0 saturated carbocycles. The Hall–Kier alpha value is -4.15. The van der Waals surface area contributed by atoms with E-state index in [0.717, 1.165) is 86.7 Å². The number of hydrogen-bond acceptors (Lipinski definition) is 5. The van der Waals surface area contributed by atoms with Crippen LogP contribution in [0.1, 0.15) is 138 Å². The number of aliphatic hydroxyl groups excluding tert-OH is 1.